The third kappa shape index (κ3) is 5.84. The molecule has 34 heavy (non-hydrogen) atoms. The van der Waals surface area contributed by atoms with Crippen molar-refractivity contribution in [3.8, 4) is 17.0 Å². The van der Waals surface area contributed by atoms with Gasteiger partial charge in [0.15, 0.2) is 5.13 Å². The fourth-order valence-corrected chi connectivity index (χ4v) is 4.79. The normalized spacial score (nSPS) is 10.5. The minimum Gasteiger partial charge on any atom is -0.496 e. The Morgan fingerprint density at radius 1 is 1.00 bits per heavy atom. The minimum absolute atomic E-state index is 0.153. The van der Waals surface area contributed by atoms with Crippen LogP contribution in [0.15, 0.2) is 83.1 Å². The summed E-state index contributed by atoms with van der Waals surface area (Å²) in [4.78, 5) is 30.4. The Hall–Kier alpha value is -3.62. The van der Waals surface area contributed by atoms with Crippen molar-refractivity contribution in [3.05, 3.63) is 89.3 Å². The summed E-state index contributed by atoms with van der Waals surface area (Å²) in [5.74, 6) is 0.641. The second-order valence-electron chi connectivity index (χ2n) is 7.37. The molecule has 3 aromatic carbocycles. The number of thioether (sulfide) groups is 1. The van der Waals surface area contributed by atoms with E-state index in [2.05, 4.69) is 15.6 Å². The summed E-state index contributed by atoms with van der Waals surface area (Å²) in [5.41, 5.74) is 3.86. The molecule has 8 heteroatoms. The summed E-state index contributed by atoms with van der Waals surface area (Å²) in [5, 5.41) is 8.20. The molecule has 0 saturated heterocycles. The Morgan fingerprint density at radius 2 is 1.79 bits per heavy atom. The molecule has 4 rings (SSSR count). The fourth-order valence-electron chi connectivity index (χ4n) is 3.31. The summed E-state index contributed by atoms with van der Waals surface area (Å²) in [6, 6.07) is 22.5. The number of aromatic nitrogens is 1. The van der Waals surface area contributed by atoms with Gasteiger partial charge in [-0.05, 0) is 48.9 Å². The van der Waals surface area contributed by atoms with Crippen molar-refractivity contribution in [2.45, 2.75) is 11.8 Å². The molecule has 0 radical (unpaired) electrons. The van der Waals surface area contributed by atoms with Gasteiger partial charge in [-0.1, -0.05) is 36.4 Å². The third-order valence-electron chi connectivity index (χ3n) is 4.98. The standard InChI is InChI=1S/C26H23N3O3S2/c1-17-8-3-4-11-20(17)25(31)27-18-9-7-10-19(14-18)33-16-24(30)29-26-28-22(15-34-26)21-12-5-6-13-23(21)32-2/h3-15H,16H2,1-2H3,(H,27,31)(H,28,29,30). The molecule has 0 atom stereocenters. The van der Waals surface area contributed by atoms with Crippen LogP contribution in [0.2, 0.25) is 0 Å². The highest BCUT2D eigenvalue weighted by molar-refractivity contribution is 8.00. The first-order chi connectivity index (χ1) is 16.5. The largest absolute Gasteiger partial charge is 0.496 e. The van der Waals surface area contributed by atoms with Crippen LogP contribution < -0.4 is 15.4 Å². The molecule has 0 bridgehead atoms. The number of hydrogen-bond acceptors (Lipinski definition) is 6. The third-order valence-corrected chi connectivity index (χ3v) is 6.74. The van der Waals surface area contributed by atoms with Gasteiger partial charge >= 0.3 is 0 Å². The first-order valence-corrected chi connectivity index (χ1v) is 12.4. The monoisotopic (exact) mass is 489 g/mol. The molecule has 2 N–H and O–H groups in total. The number of aryl methyl sites for hydroxylation is 1. The van der Waals surface area contributed by atoms with E-state index in [1.165, 1.54) is 23.1 Å². The van der Waals surface area contributed by atoms with E-state index in [1.807, 2.05) is 79.0 Å². The summed E-state index contributed by atoms with van der Waals surface area (Å²) in [6.07, 6.45) is 0. The molecular weight excluding hydrogens is 466 g/mol. The van der Waals surface area contributed by atoms with Crippen molar-refractivity contribution >= 4 is 45.7 Å². The highest BCUT2D eigenvalue weighted by Crippen LogP contribution is 2.32. The Kier molecular flexibility index (Phi) is 7.61. The molecule has 0 unspecified atom stereocenters. The smallest absolute Gasteiger partial charge is 0.255 e. The summed E-state index contributed by atoms with van der Waals surface area (Å²) < 4.78 is 5.39. The van der Waals surface area contributed by atoms with Crippen molar-refractivity contribution < 1.29 is 14.3 Å². The number of amides is 2. The quantitative estimate of drug-likeness (QED) is 0.292. The Labute approximate surface area is 206 Å². The highest BCUT2D eigenvalue weighted by Gasteiger charge is 2.12. The number of ether oxygens (including phenoxy) is 1. The molecule has 0 aliphatic heterocycles. The number of carbonyl (C=O) groups excluding carboxylic acids is 2. The molecule has 1 heterocycles. The van der Waals surface area contributed by atoms with E-state index in [9.17, 15) is 9.59 Å². The maximum absolute atomic E-state index is 12.6. The van der Waals surface area contributed by atoms with E-state index in [-0.39, 0.29) is 17.6 Å². The van der Waals surface area contributed by atoms with Crippen molar-refractivity contribution in [2.24, 2.45) is 0 Å². The number of methoxy groups -OCH3 is 1. The first-order valence-electron chi connectivity index (χ1n) is 10.5. The molecule has 0 aliphatic carbocycles. The maximum Gasteiger partial charge on any atom is 0.255 e. The fraction of sp³-hybridized carbons (Fsp3) is 0.115. The van der Waals surface area contributed by atoms with E-state index < -0.39 is 0 Å². The SMILES string of the molecule is COc1ccccc1-c1csc(NC(=O)CSc2cccc(NC(=O)c3ccccc3C)c2)n1. The van der Waals surface area contributed by atoms with Gasteiger partial charge in [0.1, 0.15) is 5.75 Å². The van der Waals surface area contributed by atoms with E-state index in [0.717, 1.165) is 27.5 Å². The van der Waals surface area contributed by atoms with Gasteiger partial charge in [-0.2, -0.15) is 0 Å². The second kappa shape index (κ2) is 11.0. The predicted molar refractivity (Wildman–Crippen MR) is 139 cm³/mol. The van der Waals surface area contributed by atoms with Crippen LogP contribution in [-0.4, -0.2) is 29.7 Å². The van der Waals surface area contributed by atoms with Crippen LogP contribution in [0, 0.1) is 6.92 Å². The van der Waals surface area contributed by atoms with Crippen LogP contribution in [0.3, 0.4) is 0 Å². The first kappa shape index (κ1) is 23.5. The molecule has 0 spiro atoms. The van der Waals surface area contributed by atoms with E-state index in [1.54, 1.807) is 13.2 Å². The van der Waals surface area contributed by atoms with Crippen molar-refractivity contribution in [1.82, 2.24) is 4.98 Å². The van der Waals surface area contributed by atoms with Crippen LogP contribution in [0.4, 0.5) is 10.8 Å². The van der Waals surface area contributed by atoms with E-state index in [4.69, 9.17) is 4.74 Å². The maximum atomic E-state index is 12.6. The van der Waals surface area contributed by atoms with Gasteiger partial charge in [-0.15, -0.1) is 23.1 Å². The number of hydrogen-bond donors (Lipinski definition) is 2. The van der Waals surface area contributed by atoms with Gasteiger partial charge in [0.05, 0.1) is 18.6 Å². The minimum atomic E-state index is -0.160. The summed E-state index contributed by atoms with van der Waals surface area (Å²) in [7, 11) is 1.62. The lowest BCUT2D eigenvalue weighted by atomic mass is 10.1. The van der Waals surface area contributed by atoms with Gasteiger partial charge in [0.25, 0.3) is 5.91 Å². The summed E-state index contributed by atoms with van der Waals surface area (Å²) >= 11 is 2.76. The van der Waals surface area contributed by atoms with Crippen LogP contribution in [-0.2, 0) is 4.79 Å². The summed E-state index contributed by atoms with van der Waals surface area (Å²) in [6.45, 7) is 1.90. The lowest BCUT2D eigenvalue weighted by Gasteiger charge is -2.09. The average Bonchev–Trinajstić information content (AvgIpc) is 3.31. The molecule has 1 aromatic heterocycles. The number of nitrogens with one attached hydrogen (secondary N) is 2. The number of nitrogens with zero attached hydrogens (tertiary/aromatic N) is 1. The van der Waals surface area contributed by atoms with Gasteiger partial charge in [0.2, 0.25) is 5.91 Å². The molecular formula is C26H23N3O3S2. The average molecular weight is 490 g/mol. The van der Waals surface area contributed by atoms with Crippen molar-refractivity contribution in [1.29, 1.82) is 0 Å². The Morgan fingerprint density at radius 3 is 2.62 bits per heavy atom. The van der Waals surface area contributed by atoms with Gasteiger partial charge < -0.3 is 15.4 Å². The molecule has 172 valence electrons. The van der Waals surface area contributed by atoms with Crippen molar-refractivity contribution in [2.75, 3.05) is 23.5 Å². The number of benzene rings is 3. The zero-order chi connectivity index (χ0) is 23.9. The van der Waals surface area contributed by atoms with Crippen LogP contribution in [0.1, 0.15) is 15.9 Å². The zero-order valence-corrected chi connectivity index (χ0v) is 20.3. The van der Waals surface area contributed by atoms with Crippen LogP contribution >= 0.6 is 23.1 Å². The topological polar surface area (TPSA) is 80.3 Å². The Bertz CT molecular complexity index is 1320. The number of thiazole rings is 1. The lowest BCUT2D eigenvalue weighted by molar-refractivity contribution is -0.113. The van der Waals surface area contributed by atoms with Crippen molar-refractivity contribution in [3.63, 3.8) is 0 Å². The second-order valence-corrected chi connectivity index (χ2v) is 9.28. The molecule has 0 fully saturated rings. The Balaban J connectivity index is 1.34. The molecule has 2 amide bonds. The predicted octanol–water partition coefficient (Wildman–Crippen LogP) is 6.11. The van der Waals surface area contributed by atoms with E-state index >= 15 is 0 Å². The lowest BCUT2D eigenvalue weighted by Crippen LogP contribution is -2.14. The van der Waals surface area contributed by atoms with Crippen LogP contribution in [0.5, 0.6) is 5.75 Å². The number of rotatable bonds is 8. The van der Waals surface area contributed by atoms with Gasteiger partial charge in [-0.3, -0.25) is 9.59 Å². The molecule has 0 aliphatic rings. The molecule has 0 saturated carbocycles. The molecule has 6 nitrogen and oxygen atoms in total. The number of para-hydroxylation sites is 1. The van der Waals surface area contributed by atoms with Gasteiger partial charge in [-0.25, -0.2) is 4.98 Å². The number of anilines is 2. The van der Waals surface area contributed by atoms with E-state index in [0.29, 0.717) is 16.4 Å². The molecule has 4 aromatic rings. The van der Waals surface area contributed by atoms with Gasteiger partial charge in [0, 0.05) is 27.1 Å². The zero-order valence-electron chi connectivity index (χ0n) is 18.7. The highest BCUT2D eigenvalue weighted by atomic mass is 32.2. The number of carbonyl (C=O) groups is 2. The van der Waals surface area contributed by atoms with Crippen LogP contribution in [0.25, 0.3) is 11.3 Å².